The van der Waals surface area contributed by atoms with Crippen LogP contribution >= 0.6 is 11.6 Å². The molecule has 3 aromatic carbocycles. The fraction of sp³-hybridized carbons (Fsp3) is 0.160. The maximum absolute atomic E-state index is 6.14. The summed E-state index contributed by atoms with van der Waals surface area (Å²) in [6.45, 7) is 2.71. The van der Waals surface area contributed by atoms with Crippen molar-refractivity contribution in [3.8, 4) is 5.69 Å². The highest BCUT2D eigenvalue weighted by Gasteiger charge is 2.25. The van der Waals surface area contributed by atoms with Gasteiger partial charge in [-0.25, -0.2) is 5.01 Å². The van der Waals surface area contributed by atoms with Crippen LogP contribution in [0.2, 0.25) is 5.02 Å². The molecule has 0 atom stereocenters. The van der Waals surface area contributed by atoms with Crippen LogP contribution in [-0.4, -0.2) is 27.0 Å². The van der Waals surface area contributed by atoms with Gasteiger partial charge in [-0.05, 0) is 43.5 Å². The van der Waals surface area contributed by atoms with E-state index in [4.69, 9.17) is 16.7 Å². The molecule has 1 aliphatic heterocycles. The van der Waals surface area contributed by atoms with Gasteiger partial charge in [0.2, 0.25) is 0 Å². The average Bonchev–Trinajstić information content (AvgIpc) is 3.12. The van der Waals surface area contributed by atoms with Gasteiger partial charge in [0.25, 0.3) is 5.95 Å². The molecule has 31 heavy (non-hydrogen) atoms. The largest absolute Gasteiger partial charge is 0.263 e. The third-order valence-electron chi connectivity index (χ3n) is 5.46. The van der Waals surface area contributed by atoms with Gasteiger partial charge in [0, 0.05) is 22.7 Å². The van der Waals surface area contributed by atoms with Gasteiger partial charge in [-0.3, -0.25) is 4.57 Å². The lowest BCUT2D eigenvalue weighted by atomic mass is 10.0. The van der Waals surface area contributed by atoms with Crippen molar-refractivity contribution in [2.24, 2.45) is 5.10 Å². The highest BCUT2D eigenvalue weighted by Crippen LogP contribution is 2.30. The Kier molecular flexibility index (Phi) is 5.26. The predicted molar refractivity (Wildman–Crippen MR) is 125 cm³/mol. The van der Waals surface area contributed by atoms with Crippen LogP contribution in [0.3, 0.4) is 0 Å². The number of aromatic nitrogens is 3. The zero-order chi connectivity index (χ0) is 21.2. The van der Waals surface area contributed by atoms with Crippen LogP contribution in [0.1, 0.15) is 28.9 Å². The number of fused-ring (bicyclic) bond motifs is 3. The third-order valence-corrected chi connectivity index (χ3v) is 5.71. The number of rotatable bonds is 5. The molecule has 0 radical (unpaired) electrons. The summed E-state index contributed by atoms with van der Waals surface area (Å²) in [4.78, 5) is 0. The van der Waals surface area contributed by atoms with Gasteiger partial charge in [-0.2, -0.15) is 5.10 Å². The second kappa shape index (κ2) is 8.36. The minimum absolute atomic E-state index is 0.707. The van der Waals surface area contributed by atoms with Crippen LogP contribution < -0.4 is 5.01 Å². The molecule has 0 saturated heterocycles. The van der Waals surface area contributed by atoms with Gasteiger partial charge in [0.1, 0.15) is 11.5 Å². The molecule has 154 valence electrons. The molecule has 0 saturated carbocycles. The number of aryl methyl sites for hydroxylation is 2. The van der Waals surface area contributed by atoms with E-state index in [1.54, 1.807) is 0 Å². The fourth-order valence-electron chi connectivity index (χ4n) is 3.94. The van der Waals surface area contributed by atoms with Crippen molar-refractivity contribution in [1.29, 1.82) is 0 Å². The van der Waals surface area contributed by atoms with Crippen LogP contribution in [0.25, 0.3) is 5.69 Å². The van der Waals surface area contributed by atoms with Crippen LogP contribution in [0.5, 0.6) is 0 Å². The minimum Gasteiger partial charge on any atom is -0.263 e. The standard InChI is InChI=1S/C25H22ClN5/c1-18-27-28-25-30(17-7-10-19-8-3-2-4-9-19)29-24(20-13-15-21(26)16-14-20)22-11-5-6-12-23(22)31(18)25/h2-6,8-9,11-16H,7,10,17H2,1H3. The number of hydrazone groups is 1. The number of para-hydroxylation sites is 1. The zero-order valence-corrected chi connectivity index (χ0v) is 18.0. The van der Waals surface area contributed by atoms with E-state index in [-0.39, 0.29) is 0 Å². The van der Waals surface area contributed by atoms with Crippen LogP contribution in [0.4, 0.5) is 5.95 Å². The lowest BCUT2D eigenvalue weighted by Gasteiger charge is -2.17. The summed E-state index contributed by atoms with van der Waals surface area (Å²) >= 11 is 6.14. The lowest BCUT2D eigenvalue weighted by Crippen LogP contribution is -2.22. The van der Waals surface area contributed by atoms with Crippen molar-refractivity contribution in [2.45, 2.75) is 19.8 Å². The van der Waals surface area contributed by atoms with Crippen LogP contribution in [-0.2, 0) is 6.42 Å². The zero-order valence-electron chi connectivity index (χ0n) is 17.2. The minimum atomic E-state index is 0.707. The Labute approximate surface area is 186 Å². The molecule has 5 rings (SSSR count). The Balaban J connectivity index is 1.57. The summed E-state index contributed by atoms with van der Waals surface area (Å²) in [5.74, 6) is 1.57. The molecule has 6 heteroatoms. The van der Waals surface area contributed by atoms with E-state index < -0.39 is 0 Å². The summed E-state index contributed by atoms with van der Waals surface area (Å²) in [5, 5.41) is 16.6. The summed E-state index contributed by atoms with van der Waals surface area (Å²) in [6.07, 6.45) is 1.92. The van der Waals surface area contributed by atoms with E-state index in [0.29, 0.717) is 5.02 Å². The summed E-state index contributed by atoms with van der Waals surface area (Å²) in [7, 11) is 0. The molecule has 5 nitrogen and oxygen atoms in total. The normalized spacial score (nSPS) is 12.7. The molecule has 0 fully saturated rings. The molecule has 0 N–H and O–H groups in total. The highest BCUT2D eigenvalue weighted by atomic mass is 35.5. The van der Waals surface area contributed by atoms with Crippen LogP contribution in [0, 0.1) is 6.92 Å². The molecule has 0 aliphatic carbocycles. The number of nitrogens with zero attached hydrogens (tertiary/aromatic N) is 5. The van der Waals surface area contributed by atoms with E-state index in [9.17, 15) is 0 Å². The number of anilines is 1. The molecule has 1 aromatic heterocycles. The Morgan fingerprint density at radius 1 is 0.839 bits per heavy atom. The number of benzene rings is 3. The van der Waals surface area contributed by atoms with Gasteiger partial charge in [0.05, 0.1) is 5.69 Å². The number of halogens is 1. The van der Waals surface area contributed by atoms with E-state index >= 15 is 0 Å². The molecule has 1 aliphatic rings. The molecule has 0 amide bonds. The van der Waals surface area contributed by atoms with Gasteiger partial charge in [-0.1, -0.05) is 72.3 Å². The Morgan fingerprint density at radius 2 is 1.58 bits per heavy atom. The van der Waals surface area contributed by atoms with Gasteiger partial charge in [-0.15, -0.1) is 10.2 Å². The monoisotopic (exact) mass is 427 g/mol. The summed E-state index contributed by atoms with van der Waals surface area (Å²) < 4.78 is 2.09. The topological polar surface area (TPSA) is 46.3 Å². The third kappa shape index (κ3) is 3.84. The SMILES string of the molecule is Cc1nnc2n1-c1ccccc1C(c1ccc(Cl)cc1)=NN2CCCc1ccccc1. The van der Waals surface area contributed by atoms with Crippen molar-refractivity contribution in [3.63, 3.8) is 0 Å². The van der Waals surface area contributed by atoms with Gasteiger partial charge < -0.3 is 0 Å². The molecule has 2 heterocycles. The average molecular weight is 428 g/mol. The maximum Gasteiger partial charge on any atom is 0.252 e. The number of hydrogen-bond donors (Lipinski definition) is 0. The van der Waals surface area contributed by atoms with Crippen molar-refractivity contribution in [3.05, 3.63) is 106 Å². The Hall–Kier alpha value is -3.44. The van der Waals surface area contributed by atoms with Crippen molar-refractivity contribution >= 4 is 23.3 Å². The molecule has 0 bridgehead atoms. The fourth-order valence-corrected chi connectivity index (χ4v) is 4.06. The summed E-state index contributed by atoms with van der Waals surface area (Å²) in [6, 6.07) is 26.6. The van der Waals surface area contributed by atoms with Crippen molar-refractivity contribution in [1.82, 2.24) is 14.8 Å². The molecule has 0 unspecified atom stereocenters. The first-order chi connectivity index (χ1) is 15.2. The predicted octanol–water partition coefficient (Wildman–Crippen LogP) is 5.43. The number of hydrogen-bond acceptors (Lipinski definition) is 4. The second-order valence-corrected chi connectivity index (χ2v) is 8.00. The smallest absolute Gasteiger partial charge is 0.252 e. The first-order valence-electron chi connectivity index (χ1n) is 10.4. The van der Waals surface area contributed by atoms with E-state index in [1.165, 1.54) is 5.56 Å². The summed E-state index contributed by atoms with van der Waals surface area (Å²) in [5.41, 5.74) is 5.30. The van der Waals surface area contributed by atoms with Crippen LogP contribution in [0.15, 0.2) is 84.0 Å². The van der Waals surface area contributed by atoms with Gasteiger partial charge >= 0.3 is 0 Å². The quantitative estimate of drug-likeness (QED) is 0.426. The van der Waals surface area contributed by atoms with Gasteiger partial charge in [0.15, 0.2) is 0 Å². The first-order valence-corrected chi connectivity index (χ1v) is 10.8. The molecule has 0 spiro atoms. The van der Waals surface area contributed by atoms with Crippen molar-refractivity contribution in [2.75, 3.05) is 11.6 Å². The first kappa shape index (κ1) is 19.5. The Morgan fingerprint density at radius 3 is 2.39 bits per heavy atom. The Bertz CT molecular complexity index is 1230. The lowest BCUT2D eigenvalue weighted by molar-refractivity contribution is 0.728. The second-order valence-electron chi connectivity index (χ2n) is 7.57. The van der Waals surface area contributed by atoms with Crippen molar-refractivity contribution < 1.29 is 0 Å². The van der Waals surface area contributed by atoms with E-state index in [1.807, 2.05) is 54.4 Å². The molecular formula is C25H22ClN5. The van der Waals surface area contributed by atoms with E-state index in [2.05, 4.69) is 51.2 Å². The molecule has 4 aromatic rings. The highest BCUT2D eigenvalue weighted by molar-refractivity contribution is 6.30. The maximum atomic E-state index is 6.14. The molecular weight excluding hydrogens is 406 g/mol. The van der Waals surface area contributed by atoms with E-state index in [0.717, 1.165) is 53.7 Å².